The average molecular weight is 372 g/mol. The molecule has 0 saturated carbocycles. The van der Waals surface area contributed by atoms with Crippen LogP contribution in [-0.2, 0) is 27.9 Å². The summed E-state index contributed by atoms with van der Waals surface area (Å²) in [5.74, 6) is 1.21. The van der Waals surface area contributed by atoms with Crippen molar-refractivity contribution in [1.29, 1.82) is 0 Å². The smallest absolute Gasteiger partial charge is 0.241 e. The summed E-state index contributed by atoms with van der Waals surface area (Å²) < 4.78 is 35.8. The fourth-order valence-electron chi connectivity index (χ4n) is 3.38. The molecule has 1 aliphatic rings. The molecule has 1 N–H and O–H groups in total. The molecule has 26 heavy (non-hydrogen) atoms. The molecule has 0 aliphatic carbocycles. The Balaban J connectivity index is 1.69. The minimum atomic E-state index is -3.69. The van der Waals surface area contributed by atoms with Crippen LogP contribution in [0.4, 0.5) is 0 Å². The number of benzene rings is 2. The topological polar surface area (TPSA) is 86.1 Å². The summed E-state index contributed by atoms with van der Waals surface area (Å²) in [6.45, 7) is 1.04. The molecule has 0 radical (unpaired) electrons. The largest absolute Gasteiger partial charge is 0.377 e. The van der Waals surface area contributed by atoms with Crippen LogP contribution in [0.25, 0.3) is 10.8 Å². The van der Waals surface area contributed by atoms with Crippen LogP contribution < -0.4 is 4.72 Å². The van der Waals surface area contributed by atoms with Crippen molar-refractivity contribution < 1.29 is 13.2 Å². The number of nitrogens with zero attached hydrogens (tertiary/aromatic N) is 3. The molecule has 136 valence electrons. The lowest BCUT2D eigenvalue weighted by Crippen LogP contribution is -2.33. The van der Waals surface area contributed by atoms with Crippen LogP contribution in [-0.4, -0.2) is 30.3 Å². The van der Waals surface area contributed by atoms with Gasteiger partial charge in [-0.15, -0.1) is 0 Å². The van der Waals surface area contributed by atoms with E-state index in [1.165, 1.54) is 0 Å². The van der Waals surface area contributed by atoms with E-state index in [9.17, 15) is 8.42 Å². The van der Waals surface area contributed by atoms with Gasteiger partial charge in [0.25, 0.3) is 0 Å². The maximum Gasteiger partial charge on any atom is 0.241 e. The first-order chi connectivity index (χ1) is 12.6. The first-order valence-electron chi connectivity index (χ1n) is 8.51. The van der Waals surface area contributed by atoms with E-state index in [0.717, 1.165) is 18.4 Å². The second kappa shape index (κ2) is 6.79. The summed E-state index contributed by atoms with van der Waals surface area (Å²) in [7, 11) is -2.11. The monoisotopic (exact) mass is 372 g/mol. The lowest BCUT2D eigenvalue weighted by molar-refractivity contribution is 0.177. The predicted molar refractivity (Wildman–Crippen MR) is 97.0 cm³/mol. The summed E-state index contributed by atoms with van der Waals surface area (Å²) in [6.07, 6.45) is 1.53. The molecule has 0 bridgehead atoms. The Morgan fingerprint density at radius 2 is 2.04 bits per heavy atom. The minimum absolute atomic E-state index is 0.282. The van der Waals surface area contributed by atoms with Crippen LogP contribution in [0, 0.1) is 0 Å². The van der Waals surface area contributed by atoms with Gasteiger partial charge in [-0.1, -0.05) is 36.4 Å². The van der Waals surface area contributed by atoms with Gasteiger partial charge in [-0.2, -0.15) is 5.10 Å². The summed E-state index contributed by atoms with van der Waals surface area (Å²) in [5, 5.41) is 5.99. The Hall–Kier alpha value is -2.29. The molecule has 1 atom stereocenters. The van der Waals surface area contributed by atoms with Crippen LogP contribution in [0.1, 0.15) is 30.5 Å². The van der Waals surface area contributed by atoms with Gasteiger partial charge in [-0.25, -0.2) is 22.8 Å². The molecule has 2 aromatic carbocycles. The first kappa shape index (κ1) is 17.1. The zero-order chi connectivity index (χ0) is 18.1. The molecule has 8 heteroatoms. The van der Waals surface area contributed by atoms with Gasteiger partial charge in [0.15, 0.2) is 5.82 Å². The molecule has 0 amide bonds. The van der Waals surface area contributed by atoms with Gasteiger partial charge in [0, 0.05) is 19.0 Å². The number of fused-ring (bicyclic) bond motifs is 2. The highest BCUT2D eigenvalue weighted by atomic mass is 32.2. The maximum absolute atomic E-state index is 13.1. The molecule has 7 nitrogen and oxygen atoms in total. The molecule has 0 fully saturated rings. The number of rotatable bonds is 5. The lowest BCUT2D eigenvalue weighted by atomic mass is 10.1. The van der Waals surface area contributed by atoms with Crippen LogP contribution >= 0.6 is 0 Å². The number of aryl methyl sites for hydroxylation is 1. The molecule has 0 saturated heterocycles. The van der Waals surface area contributed by atoms with Crippen molar-refractivity contribution in [2.75, 3.05) is 7.11 Å². The molecule has 0 spiro atoms. The average Bonchev–Trinajstić information content (AvgIpc) is 3.05. The van der Waals surface area contributed by atoms with E-state index in [4.69, 9.17) is 4.74 Å². The molecule has 4 rings (SSSR count). The van der Waals surface area contributed by atoms with Crippen molar-refractivity contribution in [3.63, 3.8) is 0 Å². The summed E-state index contributed by atoms with van der Waals surface area (Å²) in [6, 6.07) is 12.4. The van der Waals surface area contributed by atoms with Crippen LogP contribution in [0.3, 0.4) is 0 Å². The van der Waals surface area contributed by atoms with Gasteiger partial charge in [-0.05, 0) is 24.3 Å². The van der Waals surface area contributed by atoms with E-state index >= 15 is 0 Å². The number of methoxy groups -OCH3 is 1. The highest BCUT2D eigenvalue weighted by molar-refractivity contribution is 7.89. The molecule has 1 aliphatic heterocycles. The van der Waals surface area contributed by atoms with Gasteiger partial charge >= 0.3 is 0 Å². The Morgan fingerprint density at radius 1 is 1.23 bits per heavy atom. The SMILES string of the molecule is COCc1nc2n(n1)CCC[C@H]2NS(=O)(=O)c1cccc2ccccc12. The highest BCUT2D eigenvalue weighted by Gasteiger charge is 2.29. The van der Waals surface area contributed by atoms with Crippen molar-refractivity contribution in [1.82, 2.24) is 19.5 Å². The summed E-state index contributed by atoms with van der Waals surface area (Å²) in [4.78, 5) is 4.74. The second-order valence-electron chi connectivity index (χ2n) is 6.34. The van der Waals surface area contributed by atoms with Gasteiger partial charge in [0.2, 0.25) is 10.0 Å². The van der Waals surface area contributed by atoms with Crippen molar-refractivity contribution in [2.45, 2.75) is 36.9 Å². The maximum atomic E-state index is 13.1. The lowest BCUT2D eigenvalue weighted by Gasteiger charge is -2.23. The third kappa shape index (κ3) is 3.11. The van der Waals surface area contributed by atoms with E-state index in [2.05, 4.69) is 14.8 Å². The molecule has 1 aromatic heterocycles. The van der Waals surface area contributed by atoms with Crippen molar-refractivity contribution in [3.8, 4) is 0 Å². The van der Waals surface area contributed by atoms with E-state index in [1.807, 2.05) is 30.3 Å². The van der Waals surface area contributed by atoms with Gasteiger partial charge < -0.3 is 4.74 Å². The van der Waals surface area contributed by atoms with E-state index in [0.29, 0.717) is 30.1 Å². The van der Waals surface area contributed by atoms with E-state index < -0.39 is 16.1 Å². The van der Waals surface area contributed by atoms with Crippen molar-refractivity contribution >= 4 is 20.8 Å². The van der Waals surface area contributed by atoms with Crippen molar-refractivity contribution in [2.24, 2.45) is 0 Å². The second-order valence-corrected chi connectivity index (χ2v) is 8.02. The van der Waals surface area contributed by atoms with Crippen LogP contribution in [0.15, 0.2) is 47.4 Å². The number of nitrogens with one attached hydrogen (secondary N) is 1. The molecular weight excluding hydrogens is 352 g/mol. The normalized spacial score (nSPS) is 17.3. The van der Waals surface area contributed by atoms with Gasteiger partial charge in [0.1, 0.15) is 12.4 Å². The number of ether oxygens (including phenoxy) is 1. The number of sulfonamides is 1. The van der Waals surface area contributed by atoms with Crippen molar-refractivity contribution in [3.05, 3.63) is 54.1 Å². The van der Waals surface area contributed by atoms with Crippen LogP contribution in [0.2, 0.25) is 0 Å². The molecule has 3 aromatic rings. The number of hydrogen-bond donors (Lipinski definition) is 1. The zero-order valence-electron chi connectivity index (χ0n) is 14.4. The molecule has 2 heterocycles. The fraction of sp³-hybridized carbons (Fsp3) is 0.333. The molecule has 0 unspecified atom stereocenters. The third-order valence-electron chi connectivity index (χ3n) is 4.53. The van der Waals surface area contributed by atoms with Crippen LogP contribution in [0.5, 0.6) is 0 Å². The Kier molecular flexibility index (Phi) is 4.47. The standard InChI is InChI=1S/C18H20N4O3S/c1-25-12-17-19-18-15(9-5-11-22(18)20-17)21-26(23,24)16-10-4-7-13-6-2-3-8-14(13)16/h2-4,6-8,10,15,21H,5,9,11-12H2,1H3/t15-/m1/s1. The predicted octanol–water partition coefficient (Wildman–Crippen LogP) is 2.39. The summed E-state index contributed by atoms with van der Waals surface area (Å²) in [5.41, 5.74) is 0. The Labute approximate surface area is 152 Å². The third-order valence-corrected chi connectivity index (χ3v) is 6.06. The number of aromatic nitrogens is 3. The fourth-order valence-corrected chi connectivity index (χ4v) is 4.84. The number of hydrogen-bond acceptors (Lipinski definition) is 5. The highest BCUT2D eigenvalue weighted by Crippen LogP contribution is 2.28. The quantitative estimate of drug-likeness (QED) is 0.743. The molecular formula is C18H20N4O3S. The van der Waals surface area contributed by atoms with Gasteiger partial charge in [-0.3, -0.25) is 0 Å². The Bertz CT molecular complexity index is 1040. The first-order valence-corrected chi connectivity index (χ1v) is 9.99. The Morgan fingerprint density at radius 3 is 2.88 bits per heavy atom. The van der Waals surface area contributed by atoms with E-state index in [1.54, 1.807) is 23.9 Å². The zero-order valence-corrected chi connectivity index (χ0v) is 15.2. The minimum Gasteiger partial charge on any atom is -0.377 e. The summed E-state index contributed by atoms with van der Waals surface area (Å²) >= 11 is 0. The van der Waals surface area contributed by atoms with E-state index in [-0.39, 0.29) is 4.90 Å². The van der Waals surface area contributed by atoms with Gasteiger partial charge in [0.05, 0.1) is 10.9 Å².